The van der Waals surface area contributed by atoms with Crippen molar-refractivity contribution in [2.75, 3.05) is 0 Å². The lowest BCUT2D eigenvalue weighted by Crippen LogP contribution is -2.20. The van der Waals surface area contributed by atoms with Gasteiger partial charge in [0.15, 0.2) is 0 Å². The topological polar surface area (TPSA) is 38.0 Å². The Morgan fingerprint density at radius 3 is 2.75 bits per heavy atom. The lowest BCUT2D eigenvalue weighted by molar-refractivity contribution is 0.124. The van der Waals surface area contributed by atoms with E-state index in [1.165, 1.54) is 0 Å². The number of hydrogen-bond donors (Lipinski definition) is 1. The van der Waals surface area contributed by atoms with Gasteiger partial charge < -0.3 is 9.67 Å². The molecule has 2 unspecified atom stereocenters. The van der Waals surface area contributed by atoms with Gasteiger partial charge in [0, 0.05) is 12.4 Å². The minimum Gasteiger partial charge on any atom is -0.391 e. The van der Waals surface area contributed by atoms with Crippen molar-refractivity contribution >= 4 is 0 Å². The third-order valence-corrected chi connectivity index (χ3v) is 2.05. The number of hydrogen-bond acceptors (Lipinski definition) is 2. The molecule has 2 atom stereocenters. The number of imidazole rings is 1. The summed E-state index contributed by atoms with van der Waals surface area (Å²) in [6.45, 7) is 3.94. The van der Waals surface area contributed by atoms with Crippen LogP contribution in [0.4, 0.5) is 0 Å². The fourth-order valence-electron chi connectivity index (χ4n) is 1.40. The van der Waals surface area contributed by atoms with E-state index >= 15 is 0 Å². The Morgan fingerprint density at radius 1 is 1.58 bits per heavy atom. The minimum atomic E-state index is -0.306. The summed E-state index contributed by atoms with van der Waals surface area (Å²) in [7, 11) is 0. The van der Waals surface area contributed by atoms with Crippen LogP contribution in [0.3, 0.4) is 0 Å². The van der Waals surface area contributed by atoms with Gasteiger partial charge in [0.05, 0.1) is 18.5 Å². The van der Waals surface area contributed by atoms with E-state index in [-0.39, 0.29) is 12.1 Å². The number of aliphatic hydroxyl groups excluding tert-OH is 1. The summed E-state index contributed by atoms with van der Waals surface area (Å²) < 4.78 is 1.97. The summed E-state index contributed by atoms with van der Waals surface area (Å²) in [6, 6.07) is 0.178. The smallest absolute Gasteiger partial charge is 0.0949 e. The van der Waals surface area contributed by atoms with Crippen molar-refractivity contribution in [3.05, 3.63) is 18.7 Å². The van der Waals surface area contributed by atoms with E-state index < -0.39 is 0 Å². The quantitative estimate of drug-likeness (QED) is 0.741. The van der Waals surface area contributed by atoms with Crippen LogP contribution in [0.5, 0.6) is 0 Å². The predicted molar refractivity (Wildman–Crippen MR) is 47.9 cm³/mol. The summed E-state index contributed by atoms with van der Waals surface area (Å²) >= 11 is 0. The molecule has 0 saturated carbocycles. The molecule has 12 heavy (non-hydrogen) atoms. The van der Waals surface area contributed by atoms with Crippen LogP contribution in [0.2, 0.25) is 0 Å². The molecular weight excluding hydrogens is 152 g/mol. The Hall–Kier alpha value is -0.830. The Balaban J connectivity index is 2.66. The van der Waals surface area contributed by atoms with Gasteiger partial charge in [0.2, 0.25) is 0 Å². The highest BCUT2D eigenvalue weighted by Gasteiger charge is 2.14. The molecule has 3 heteroatoms. The highest BCUT2D eigenvalue weighted by Crippen LogP contribution is 2.17. The zero-order valence-corrected chi connectivity index (χ0v) is 7.64. The van der Waals surface area contributed by atoms with Crippen LogP contribution in [-0.2, 0) is 0 Å². The molecule has 1 N–H and O–H groups in total. The molecule has 1 heterocycles. The molecule has 1 aromatic heterocycles. The molecule has 0 amide bonds. The standard InChI is InChI=1S/C9H16N2O/c1-3-4-9(8(2)12)11-6-5-10-7-11/h5-9,12H,3-4H2,1-2H3. The summed E-state index contributed by atoms with van der Waals surface area (Å²) in [5.74, 6) is 0. The van der Waals surface area contributed by atoms with Crippen LogP contribution in [0, 0.1) is 0 Å². The zero-order chi connectivity index (χ0) is 8.97. The molecule has 0 spiro atoms. The summed E-state index contributed by atoms with van der Waals surface area (Å²) in [5.41, 5.74) is 0. The Labute approximate surface area is 73.1 Å². The fraction of sp³-hybridized carbons (Fsp3) is 0.667. The van der Waals surface area contributed by atoms with Crippen LogP contribution < -0.4 is 0 Å². The van der Waals surface area contributed by atoms with Crippen LogP contribution in [-0.4, -0.2) is 20.8 Å². The van der Waals surface area contributed by atoms with Gasteiger partial charge in [-0.15, -0.1) is 0 Å². The van der Waals surface area contributed by atoms with Gasteiger partial charge in [0.1, 0.15) is 0 Å². The molecule has 0 aliphatic carbocycles. The molecule has 3 nitrogen and oxygen atoms in total. The van der Waals surface area contributed by atoms with Crippen molar-refractivity contribution in [3.63, 3.8) is 0 Å². The lowest BCUT2D eigenvalue weighted by Gasteiger charge is -2.20. The molecule has 0 radical (unpaired) electrons. The molecule has 1 rings (SSSR count). The molecule has 68 valence electrons. The second kappa shape index (κ2) is 4.26. The molecular formula is C9H16N2O. The number of rotatable bonds is 4. The Kier molecular flexibility index (Phi) is 3.29. The Bertz CT molecular complexity index is 206. The van der Waals surface area contributed by atoms with Crippen molar-refractivity contribution in [1.29, 1.82) is 0 Å². The van der Waals surface area contributed by atoms with Crippen molar-refractivity contribution in [3.8, 4) is 0 Å². The maximum atomic E-state index is 9.47. The first-order valence-corrected chi connectivity index (χ1v) is 4.41. The first-order valence-electron chi connectivity index (χ1n) is 4.41. The van der Waals surface area contributed by atoms with Crippen molar-refractivity contribution < 1.29 is 5.11 Å². The van der Waals surface area contributed by atoms with Crippen LogP contribution in [0.1, 0.15) is 32.7 Å². The second-order valence-electron chi connectivity index (χ2n) is 3.11. The Morgan fingerprint density at radius 2 is 2.33 bits per heavy atom. The van der Waals surface area contributed by atoms with Gasteiger partial charge in [-0.2, -0.15) is 0 Å². The van der Waals surface area contributed by atoms with Gasteiger partial charge in [-0.25, -0.2) is 4.98 Å². The monoisotopic (exact) mass is 168 g/mol. The van der Waals surface area contributed by atoms with Gasteiger partial charge in [-0.3, -0.25) is 0 Å². The molecule has 0 bridgehead atoms. The normalized spacial score (nSPS) is 15.9. The van der Waals surface area contributed by atoms with Crippen molar-refractivity contribution in [2.45, 2.75) is 38.8 Å². The van der Waals surface area contributed by atoms with E-state index in [9.17, 15) is 5.11 Å². The molecule has 1 aromatic rings. The average molecular weight is 168 g/mol. The molecule has 0 aromatic carbocycles. The maximum Gasteiger partial charge on any atom is 0.0949 e. The molecule has 0 aliphatic heterocycles. The molecule has 0 saturated heterocycles. The van der Waals surface area contributed by atoms with E-state index in [2.05, 4.69) is 11.9 Å². The number of aromatic nitrogens is 2. The van der Waals surface area contributed by atoms with Gasteiger partial charge in [0.25, 0.3) is 0 Å². The molecule has 0 fully saturated rings. The second-order valence-corrected chi connectivity index (χ2v) is 3.11. The van der Waals surface area contributed by atoms with Crippen molar-refractivity contribution in [1.82, 2.24) is 9.55 Å². The van der Waals surface area contributed by atoms with E-state index in [1.807, 2.05) is 17.7 Å². The predicted octanol–water partition coefficient (Wildman–Crippen LogP) is 1.61. The molecule has 0 aliphatic rings. The van der Waals surface area contributed by atoms with Crippen LogP contribution in [0.15, 0.2) is 18.7 Å². The van der Waals surface area contributed by atoms with Crippen LogP contribution >= 0.6 is 0 Å². The van der Waals surface area contributed by atoms with E-state index in [0.717, 1.165) is 12.8 Å². The zero-order valence-electron chi connectivity index (χ0n) is 7.64. The first kappa shape index (κ1) is 9.26. The fourth-order valence-corrected chi connectivity index (χ4v) is 1.40. The van der Waals surface area contributed by atoms with Gasteiger partial charge in [-0.05, 0) is 13.3 Å². The average Bonchev–Trinajstić information content (AvgIpc) is 2.51. The highest BCUT2D eigenvalue weighted by molar-refractivity contribution is 4.82. The lowest BCUT2D eigenvalue weighted by atomic mass is 10.1. The summed E-state index contributed by atoms with van der Waals surface area (Å²) in [4.78, 5) is 3.96. The highest BCUT2D eigenvalue weighted by atomic mass is 16.3. The van der Waals surface area contributed by atoms with E-state index in [0.29, 0.717) is 0 Å². The van der Waals surface area contributed by atoms with Gasteiger partial charge >= 0.3 is 0 Å². The summed E-state index contributed by atoms with van der Waals surface area (Å²) in [5, 5.41) is 9.47. The van der Waals surface area contributed by atoms with Crippen LogP contribution in [0.25, 0.3) is 0 Å². The van der Waals surface area contributed by atoms with E-state index in [4.69, 9.17) is 0 Å². The van der Waals surface area contributed by atoms with E-state index in [1.54, 1.807) is 12.5 Å². The van der Waals surface area contributed by atoms with Gasteiger partial charge in [-0.1, -0.05) is 13.3 Å². The third kappa shape index (κ3) is 2.08. The third-order valence-electron chi connectivity index (χ3n) is 2.05. The summed E-state index contributed by atoms with van der Waals surface area (Å²) in [6.07, 6.45) is 7.16. The maximum absolute atomic E-state index is 9.47. The largest absolute Gasteiger partial charge is 0.391 e. The minimum absolute atomic E-state index is 0.178. The number of nitrogens with zero attached hydrogens (tertiary/aromatic N) is 2. The van der Waals surface area contributed by atoms with Crippen molar-refractivity contribution in [2.24, 2.45) is 0 Å². The first-order chi connectivity index (χ1) is 5.75. The number of aliphatic hydroxyl groups is 1. The SMILES string of the molecule is CCCC(C(C)O)n1ccnc1.